The summed E-state index contributed by atoms with van der Waals surface area (Å²) in [5.41, 5.74) is -0.655. The van der Waals surface area contributed by atoms with Gasteiger partial charge in [-0.3, -0.25) is 0 Å². The van der Waals surface area contributed by atoms with Crippen LogP contribution in [0.5, 0.6) is 0 Å². The third-order valence-corrected chi connectivity index (χ3v) is 1.63. The lowest BCUT2D eigenvalue weighted by Gasteiger charge is -2.17. The maximum atomic E-state index is 11.6. The molecule has 7 nitrogen and oxygen atoms in total. The van der Waals surface area contributed by atoms with Gasteiger partial charge in [-0.25, -0.2) is 4.79 Å². The van der Waals surface area contributed by atoms with E-state index in [1.807, 2.05) is 0 Å². The number of carbonyl (C=O) groups is 1. The zero-order chi connectivity index (χ0) is 12.5. The molecular weight excluding hydrogens is 214 g/mol. The Morgan fingerprint density at radius 2 is 2.12 bits per heavy atom. The fourth-order valence-electron chi connectivity index (χ4n) is 1.05. The molecule has 0 aliphatic heterocycles. The molecule has 88 valence electrons. The van der Waals surface area contributed by atoms with E-state index >= 15 is 0 Å². The Hall–Kier alpha value is -1.92. The molecular formula is C9H13N3O4. The first-order chi connectivity index (χ1) is 7.20. The van der Waals surface area contributed by atoms with E-state index in [9.17, 15) is 14.9 Å². The van der Waals surface area contributed by atoms with Crippen molar-refractivity contribution in [3.63, 3.8) is 0 Å². The minimum absolute atomic E-state index is 0.0818. The van der Waals surface area contributed by atoms with Gasteiger partial charge in [-0.05, 0) is 30.7 Å². The maximum absolute atomic E-state index is 11.6. The molecule has 0 atom stereocenters. The summed E-state index contributed by atoms with van der Waals surface area (Å²) in [6.07, 6.45) is 1.17. The highest BCUT2D eigenvalue weighted by Crippen LogP contribution is 2.14. The molecule has 0 N–H and O–H groups in total. The summed E-state index contributed by atoms with van der Waals surface area (Å²) in [5.74, 6) is -1.13. The number of rotatable bonds is 2. The highest BCUT2D eigenvalue weighted by molar-refractivity contribution is 5.86. The van der Waals surface area contributed by atoms with E-state index in [-0.39, 0.29) is 11.6 Å². The molecule has 0 amide bonds. The average Bonchev–Trinajstić information content (AvgIpc) is 2.44. The molecule has 0 radical (unpaired) electrons. The molecule has 1 rings (SSSR count). The van der Waals surface area contributed by atoms with Gasteiger partial charge in [0.25, 0.3) is 0 Å². The number of hydrogen-bond acceptors (Lipinski definition) is 5. The number of esters is 1. The summed E-state index contributed by atoms with van der Waals surface area (Å²) in [6.45, 7) is 5.13. The quantitative estimate of drug-likeness (QED) is 0.431. The Balaban J connectivity index is 2.96. The fourth-order valence-corrected chi connectivity index (χ4v) is 1.05. The van der Waals surface area contributed by atoms with E-state index in [1.165, 1.54) is 17.8 Å². The Kier molecular flexibility index (Phi) is 2.97. The van der Waals surface area contributed by atoms with Crippen LogP contribution in [0, 0.1) is 10.1 Å². The predicted octanol–water partition coefficient (Wildman–Crippen LogP) is 1.28. The van der Waals surface area contributed by atoms with Crippen molar-refractivity contribution in [1.29, 1.82) is 0 Å². The molecule has 1 aromatic heterocycles. The largest absolute Gasteiger partial charge is 0.452 e. The first-order valence-corrected chi connectivity index (χ1v) is 4.62. The molecule has 0 saturated carbocycles. The molecule has 0 saturated heterocycles. The summed E-state index contributed by atoms with van der Waals surface area (Å²) < 4.78 is 6.32. The number of carbonyl (C=O) groups excluding carboxylic acids is 1. The lowest BCUT2D eigenvalue weighted by atomic mass is 10.2. The number of aromatic nitrogens is 2. The first-order valence-electron chi connectivity index (χ1n) is 4.62. The molecule has 0 aliphatic carbocycles. The van der Waals surface area contributed by atoms with E-state index in [4.69, 9.17) is 4.74 Å². The van der Waals surface area contributed by atoms with Gasteiger partial charge in [0.2, 0.25) is 0 Å². The molecule has 1 heterocycles. The van der Waals surface area contributed by atoms with Crippen LogP contribution >= 0.6 is 0 Å². The Morgan fingerprint density at radius 3 is 2.50 bits per heavy atom. The highest BCUT2D eigenvalue weighted by Gasteiger charge is 2.27. The molecule has 0 bridgehead atoms. The molecule has 1 aromatic rings. The highest BCUT2D eigenvalue weighted by atomic mass is 16.6. The summed E-state index contributed by atoms with van der Waals surface area (Å²) in [4.78, 5) is 25.0. The van der Waals surface area contributed by atoms with Crippen LogP contribution < -0.4 is 0 Å². The molecule has 7 heteroatoms. The van der Waals surface area contributed by atoms with E-state index in [0.717, 1.165) is 0 Å². The van der Waals surface area contributed by atoms with E-state index < -0.39 is 16.5 Å². The van der Waals surface area contributed by atoms with E-state index in [1.54, 1.807) is 20.8 Å². The Morgan fingerprint density at radius 1 is 1.56 bits per heavy atom. The topological polar surface area (TPSA) is 87.3 Å². The summed E-state index contributed by atoms with van der Waals surface area (Å²) in [7, 11) is 1.50. The Labute approximate surface area is 92.2 Å². The minimum atomic E-state index is -0.678. The Bertz CT molecular complexity index is 430. The third-order valence-electron chi connectivity index (χ3n) is 1.63. The van der Waals surface area contributed by atoms with Crippen molar-refractivity contribution >= 4 is 11.8 Å². The summed E-state index contributed by atoms with van der Waals surface area (Å²) >= 11 is 0. The lowest BCUT2D eigenvalue weighted by Crippen LogP contribution is -2.25. The molecule has 16 heavy (non-hydrogen) atoms. The van der Waals surface area contributed by atoms with Gasteiger partial charge in [0.15, 0.2) is 0 Å². The zero-order valence-corrected chi connectivity index (χ0v) is 9.55. The summed E-state index contributed by atoms with van der Waals surface area (Å²) in [6, 6.07) is 0. The van der Waals surface area contributed by atoms with Crippen molar-refractivity contribution in [2.45, 2.75) is 26.4 Å². The average molecular weight is 227 g/mol. The van der Waals surface area contributed by atoms with Crippen LogP contribution in [0.15, 0.2) is 6.20 Å². The monoisotopic (exact) mass is 227 g/mol. The zero-order valence-electron chi connectivity index (χ0n) is 9.55. The standard InChI is InChI=1S/C9H13N3O4/c1-9(2,3)16-8(13)7-10-6(12(14)15)5-11(7)4/h5H,1-4H3. The lowest BCUT2D eigenvalue weighted by molar-refractivity contribution is -0.389. The number of imidazole rings is 1. The van der Waals surface area contributed by atoms with Gasteiger partial charge in [0.05, 0.1) is 0 Å². The van der Waals surface area contributed by atoms with Crippen LogP contribution in [0.4, 0.5) is 5.82 Å². The molecule has 0 spiro atoms. The molecule has 0 aromatic carbocycles. The van der Waals surface area contributed by atoms with E-state index in [2.05, 4.69) is 4.98 Å². The van der Waals surface area contributed by atoms with Gasteiger partial charge >= 0.3 is 17.6 Å². The van der Waals surface area contributed by atoms with Gasteiger partial charge < -0.3 is 19.4 Å². The summed E-state index contributed by atoms with van der Waals surface area (Å²) in [5, 5.41) is 10.5. The van der Waals surface area contributed by atoms with Crippen LogP contribution in [0.2, 0.25) is 0 Å². The minimum Gasteiger partial charge on any atom is -0.452 e. The van der Waals surface area contributed by atoms with Crippen LogP contribution in [-0.4, -0.2) is 26.0 Å². The second-order valence-corrected chi connectivity index (χ2v) is 4.29. The van der Waals surface area contributed by atoms with Crippen molar-refractivity contribution in [1.82, 2.24) is 9.55 Å². The van der Waals surface area contributed by atoms with Gasteiger partial charge in [0, 0.05) is 7.05 Å². The second-order valence-electron chi connectivity index (χ2n) is 4.29. The van der Waals surface area contributed by atoms with Crippen molar-refractivity contribution in [2.75, 3.05) is 0 Å². The van der Waals surface area contributed by atoms with Crippen LogP contribution in [-0.2, 0) is 11.8 Å². The van der Waals surface area contributed by atoms with Crippen LogP contribution in [0.3, 0.4) is 0 Å². The number of ether oxygens (including phenoxy) is 1. The van der Waals surface area contributed by atoms with Gasteiger partial charge in [-0.1, -0.05) is 0 Å². The normalized spacial score (nSPS) is 11.2. The van der Waals surface area contributed by atoms with Crippen molar-refractivity contribution in [3.8, 4) is 0 Å². The van der Waals surface area contributed by atoms with Crippen molar-refractivity contribution < 1.29 is 14.5 Å². The van der Waals surface area contributed by atoms with Crippen molar-refractivity contribution in [3.05, 3.63) is 22.1 Å². The number of aryl methyl sites for hydroxylation is 1. The second kappa shape index (κ2) is 3.92. The van der Waals surface area contributed by atoms with Gasteiger partial charge in [-0.15, -0.1) is 0 Å². The van der Waals surface area contributed by atoms with E-state index in [0.29, 0.717) is 0 Å². The van der Waals surface area contributed by atoms with Gasteiger partial charge in [-0.2, -0.15) is 0 Å². The maximum Gasteiger partial charge on any atom is 0.402 e. The SMILES string of the molecule is Cn1cc([N+](=O)[O-])nc1C(=O)OC(C)(C)C. The third kappa shape index (κ3) is 2.78. The van der Waals surface area contributed by atoms with Gasteiger partial charge in [0.1, 0.15) is 11.8 Å². The van der Waals surface area contributed by atoms with Crippen LogP contribution in [0.1, 0.15) is 31.4 Å². The molecule has 0 fully saturated rings. The van der Waals surface area contributed by atoms with Crippen molar-refractivity contribution in [2.24, 2.45) is 7.05 Å². The number of nitrogens with zero attached hydrogens (tertiary/aromatic N) is 3. The fraction of sp³-hybridized carbons (Fsp3) is 0.556. The molecule has 0 unspecified atom stereocenters. The number of nitro groups is 1. The molecule has 0 aliphatic rings. The predicted molar refractivity (Wildman–Crippen MR) is 55.0 cm³/mol. The van der Waals surface area contributed by atoms with Crippen LogP contribution in [0.25, 0.3) is 0 Å². The first kappa shape index (κ1) is 12.2. The number of hydrogen-bond donors (Lipinski definition) is 0. The smallest absolute Gasteiger partial charge is 0.402 e.